The maximum absolute atomic E-state index is 13.1. The summed E-state index contributed by atoms with van der Waals surface area (Å²) in [6.07, 6.45) is 7.35. The number of carbonyl (C=O) groups excluding carboxylic acids is 1. The number of hydrogen-bond donors (Lipinski definition) is 0. The van der Waals surface area contributed by atoms with Gasteiger partial charge in [-0.25, -0.2) is 4.39 Å². The van der Waals surface area contributed by atoms with E-state index in [4.69, 9.17) is 4.74 Å². The topological polar surface area (TPSA) is 26.3 Å². The van der Waals surface area contributed by atoms with E-state index in [1.165, 1.54) is 38.3 Å². The number of benzene rings is 1. The van der Waals surface area contributed by atoms with Gasteiger partial charge in [0.15, 0.2) is 0 Å². The van der Waals surface area contributed by atoms with Crippen LogP contribution in [0, 0.1) is 5.82 Å². The number of halogens is 1. The summed E-state index contributed by atoms with van der Waals surface area (Å²) in [4.78, 5) is 11.5. The first-order valence-electron chi connectivity index (χ1n) is 7.08. The third kappa shape index (κ3) is 3.55. The van der Waals surface area contributed by atoms with Gasteiger partial charge in [0.05, 0.1) is 0 Å². The first kappa shape index (κ1) is 14.0. The van der Waals surface area contributed by atoms with Crippen LogP contribution in [0.4, 0.5) is 4.39 Å². The zero-order chi connectivity index (χ0) is 13.7. The molecule has 1 aromatic rings. The molecule has 1 aliphatic rings. The quantitative estimate of drug-likeness (QED) is 0.743. The highest BCUT2D eigenvalue weighted by Crippen LogP contribution is 2.39. The molecule has 0 saturated heterocycles. The highest BCUT2D eigenvalue weighted by Gasteiger charge is 2.35. The van der Waals surface area contributed by atoms with Gasteiger partial charge < -0.3 is 4.74 Å². The zero-order valence-electron chi connectivity index (χ0n) is 11.5. The Balaban J connectivity index is 2.30. The van der Waals surface area contributed by atoms with Crippen LogP contribution in [0.15, 0.2) is 24.3 Å². The minimum Gasteiger partial charge on any atom is -0.454 e. The van der Waals surface area contributed by atoms with E-state index < -0.39 is 5.60 Å². The van der Waals surface area contributed by atoms with Gasteiger partial charge >= 0.3 is 5.97 Å². The molecule has 0 radical (unpaired) electrons. The Morgan fingerprint density at radius 2 is 1.58 bits per heavy atom. The minimum absolute atomic E-state index is 0.257. The normalized spacial score (nSPS) is 19.3. The van der Waals surface area contributed by atoms with Crippen molar-refractivity contribution in [2.24, 2.45) is 0 Å². The standard InChI is InChI=1S/C16H21FO2/c1-13(18)19-16(11-5-3-2-4-6-12-16)14-7-9-15(17)10-8-14/h7-10H,2-6,11-12H2,1H3. The number of hydrogen-bond acceptors (Lipinski definition) is 2. The van der Waals surface area contributed by atoms with E-state index in [1.54, 1.807) is 12.1 Å². The average molecular weight is 264 g/mol. The molecule has 104 valence electrons. The molecule has 1 aromatic carbocycles. The molecular formula is C16H21FO2. The number of ether oxygens (including phenoxy) is 1. The molecule has 0 N–H and O–H groups in total. The van der Waals surface area contributed by atoms with Crippen molar-refractivity contribution in [2.45, 2.75) is 57.5 Å². The molecule has 0 bridgehead atoms. The lowest BCUT2D eigenvalue weighted by molar-refractivity contribution is -0.161. The smallest absolute Gasteiger partial charge is 0.303 e. The van der Waals surface area contributed by atoms with Crippen LogP contribution in [0.2, 0.25) is 0 Å². The molecular weight excluding hydrogens is 243 g/mol. The lowest BCUT2D eigenvalue weighted by atomic mass is 9.81. The SMILES string of the molecule is CC(=O)OC1(c2ccc(F)cc2)CCCCCCC1. The van der Waals surface area contributed by atoms with E-state index in [1.807, 2.05) is 0 Å². The second-order valence-electron chi connectivity index (χ2n) is 5.36. The van der Waals surface area contributed by atoms with E-state index in [0.29, 0.717) is 0 Å². The Bertz CT molecular complexity index is 417. The van der Waals surface area contributed by atoms with Gasteiger partial charge in [-0.05, 0) is 43.4 Å². The number of esters is 1. The van der Waals surface area contributed by atoms with Crippen LogP contribution in [0.1, 0.15) is 57.4 Å². The van der Waals surface area contributed by atoms with Crippen molar-refractivity contribution in [1.82, 2.24) is 0 Å². The van der Waals surface area contributed by atoms with Crippen molar-refractivity contribution < 1.29 is 13.9 Å². The summed E-state index contributed by atoms with van der Waals surface area (Å²) in [5, 5.41) is 0. The summed E-state index contributed by atoms with van der Waals surface area (Å²) in [5.41, 5.74) is 0.367. The third-order valence-corrected chi connectivity index (χ3v) is 3.87. The van der Waals surface area contributed by atoms with Gasteiger partial charge in [-0.1, -0.05) is 31.4 Å². The fraction of sp³-hybridized carbons (Fsp3) is 0.562. The first-order chi connectivity index (χ1) is 9.12. The van der Waals surface area contributed by atoms with Gasteiger partial charge in [-0.3, -0.25) is 4.79 Å². The molecule has 0 aromatic heterocycles. The van der Waals surface area contributed by atoms with Gasteiger partial charge in [0.1, 0.15) is 11.4 Å². The van der Waals surface area contributed by atoms with E-state index >= 15 is 0 Å². The number of carbonyl (C=O) groups is 1. The lowest BCUT2D eigenvalue weighted by Gasteiger charge is -2.35. The van der Waals surface area contributed by atoms with Gasteiger partial charge in [0.25, 0.3) is 0 Å². The van der Waals surface area contributed by atoms with E-state index in [2.05, 4.69) is 0 Å². The maximum atomic E-state index is 13.1. The fourth-order valence-electron chi connectivity index (χ4n) is 2.95. The molecule has 0 heterocycles. The predicted molar refractivity (Wildman–Crippen MR) is 72.2 cm³/mol. The Morgan fingerprint density at radius 1 is 1.05 bits per heavy atom. The van der Waals surface area contributed by atoms with E-state index in [0.717, 1.165) is 31.2 Å². The molecule has 0 unspecified atom stereocenters. The van der Waals surface area contributed by atoms with Crippen LogP contribution in [-0.2, 0) is 15.1 Å². The van der Waals surface area contributed by atoms with Gasteiger partial charge in [-0.15, -0.1) is 0 Å². The molecule has 0 atom stereocenters. The van der Waals surface area contributed by atoms with Gasteiger partial charge in [0.2, 0.25) is 0 Å². The predicted octanol–water partition coefficient (Wildman–Crippen LogP) is 4.33. The number of rotatable bonds is 2. The van der Waals surface area contributed by atoms with E-state index in [9.17, 15) is 9.18 Å². The fourth-order valence-corrected chi connectivity index (χ4v) is 2.95. The van der Waals surface area contributed by atoms with Gasteiger partial charge in [-0.2, -0.15) is 0 Å². The Labute approximate surface area is 114 Å². The third-order valence-electron chi connectivity index (χ3n) is 3.87. The second-order valence-corrected chi connectivity index (χ2v) is 5.36. The average Bonchev–Trinajstić information content (AvgIpc) is 2.33. The Morgan fingerprint density at radius 3 is 2.11 bits per heavy atom. The van der Waals surface area contributed by atoms with Gasteiger partial charge in [0, 0.05) is 6.92 Å². The molecule has 3 heteroatoms. The maximum Gasteiger partial charge on any atom is 0.303 e. The monoisotopic (exact) mass is 264 g/mol. The summed E-state index contributed by atoms with van der Waals surface area (Å²) in [5.74, 6) is -0.516. The summed E-state index contributed by atoms with van der Waals surface area (Å²) in [7, 11) is 0. The summed E-state index contributed by atoms with van der Waals surface area (Å²) in [6, 6.07) is 6.39. The van der Waals surface area contributed by atoms with Crippen molar-refractivity contribution in [3.05, 3.63) is 35.6 Å². The molecule has 0 spiro atoms. The van der Waals surface area contributed by atoms with Crippen LogP contribution >= 0.6 is 0 Å². The van der Waals surface area contributed by atoms with Crippen LogP contribution < -0.4 is 0 Å². The molecule has 2 nitrogen and oxygen atoms in total. The van der Waals surface area contributed by atoms with Crippen LogP contribution in [0.5, 0.6) is 0 Å². The van der Waals surface area contributed by atoms with Crippen LogP contribution in [0.3, 0.4) is 0 Å². The Kier molecular flexibility index (Phi) is 4.56. The molecule has 1 aliphatic carbocycles. The summed E-state index contributed by atoms with van der Waals surface area (Å²) in [6.45, 7) is 1.45. The minimum atomic E-state index is -0.556. The second kappa shape index (κ2) is 6.18. The molecule has 2 rings (SSSR count). The largest absolute Gasteiger partial charge is 0.454 e. The summed E-state index contributed by atoms with van der Waals surface area (Å²) < 4.78 is 18.8. The van der Waals surface area contributed by atoms with Crippen molar-refractivity contribution >= 4 is 5.97 Å². The highest BCUT2D eigenvalue weighted by molar-refractivity contribution is 5.66. The van der Waals surface area contributed by atoms with Crippen molar-refractivity contribution in [1.29, 1.82) is 0 Å². The molecule has 0 aliphatic heterocycles. The lowest BCUT2D eigenvalue weighted by Crippen LogP contribution is -2.32. The molecule has 19 heavy (non-hydrogen) atoms. The van der Waals surface area contributed by atoms with Crippen LogP contribution in [-0.4, -0.2) is 5.97 Å². The van der Waals surface area contributed by atoms with Crippen LogP contribution in [0.25, 0.3) is 0 Å². The molecule has 1 saturated carbocycles. The first-order valence-corrected chi connectivity index (χ1v) is 7.08. The van der Waals surface area contributed by atoms with E-state index in [-0.39, 0.29) is 11.8 Å². The summed E-state index contributed by atoms with van der Waals surface area (Å²) >= 11 is 0. The highest BCUT2D eigenvalue weighted by atomic mass is 19.1. The Hall–Kier alpha value is -1.38. The zero-order valence-corrected chi connectivity index (χ0v) is 11.5. The molecule has 0 amide bonds. The van der Waals surface area contributed by atoms with Crippen molar-refractivity contribution in [2.75, 3.05) is 0 Å². The molecule has 1 fully saturated rings. The van der Waals surface area contributed by atoms with Crippen molar-refractivity contribution in [3.63, 3.8) is 0 Å². The van der Waals surface area contributed by atoms with Crippen molar-refractivity contribution in [3.8, 4) is 0 Å².